The second kappa shape index (κ2) is 9.28. The Morgan fingerprint density at radius 2 is 2.12 bits per heavy atom. The van der Waals surface area contributed by atoms with Gasteiger partial charge in [-0.3, -0.25) is 4.40 Å². The van der Waals surface area contributed by atoms with Gasteiger partial charge in [0, 0.05) is 17.6 Å². The fourth-order valence-corrected chi connectivity index (χ4v) is 3.21. The van der Waals surface area contributed by atoms with E-state index < -0.39 is 5.60 Å². The van der Waals surface area contributed by atoms with Crippen LogP contribution in [-0.4, -0.2) is 38.8 Å². The van der Waals surface area contributed by atoms with Gasteiger partial charge < -0.3 is 15.7 Å². The molecule has 1 atom stereocenters. The third-order valence-corrected chi connectivity index (χ3v) is 4.88. The molecular weight excluding hydrogens is 463 g/mol. The molecule has 3 aromatic rings. The van der Waals surface area contributed by atoms with Gasteiger partial charge in [0.25, 0.3) is 0 Å². The zero-order chi connectivity index (χ0) is 17.7. The predicted molar refractivity (Wildman–Crippen MR) is 115 cm³/mol. The average molecular weight is 486 g/mol. The minimum atomic E-state index is -0.952. The standard InChI is InChI=1S/C17H22N6OS.HI/c1-3-18-16(20-12-17(2,24)13-7-6-10-25-13)19-11-15-22-21-14-8-4-5-9-23(14)15;/h4-10,24H,3,11-12H2,1-2H3,(H2,18,19,20);1H. The number of hydrogen-bond donors (Lipinski definition) is 3. The summed E-state index contributed by atoms with van der Waals surface area (Å²) in [5.74, 6) is 1.39. The molecule has 0 radical (unpaired) electrons. The number of fused-ring (bicyclic) bond motifs is 1. The van der Waals surface area contributed by atoms with Crippen LogP contribution in [0.5, 0.6) is 0 Å². The van der Waals surface area contributed by atoms with Gasteiger partial charge in [0.2, 0.25) is 0 Å². The molecule has 0 saturated heterocycles. The van der Waals surface area contributed by atoms with Crippen LogP contribution in [0.1, 0.15) is 24.5 Å². The van der Waals surface area contributed by atoms with Gasteiger partial charge in [-0.1, -0.05) is 12.1 Å². The number of thiophene rings is 1. The molecule has 9 heteroatoms. The molecular formula is C17H23IN6OS. The van der Waals surface area contributed by atoms with E-state index in [4.69, 9.17) is 0 Å². The molecule has 0 aliphatic rings. The SMILES string of the molecule is CCNC(=NCc1nnc2ccccn12)NCC(C)(O)c1cccs1.I. The fraction of sp³-hybridized carbons (Fsp3) is 0.353. The van der Waals surface area contributed by atoms with Crippen LogP contribution < -0.4 is 10.6 Å². The lowest BCUT2D eigenvalue weighted by Gasteiger charge is -2.23. The molecule has 0 fully saturated rings. The third-order valence-electron chi connectivity index (χ3n) is 3.76. The van der Waals surface area contributed by atoms with E-state index in [1.165, 1.54) is 11.3 Å². The second-order valence-electron chi connectivity index (χ2n) is 5.84. The molecule has 140 valence electrons. The summed E-state index contributed by atoms with van der Waals surface area (Å²) in [5, 5.41) is 27.3. The van der Waals surface area contributed by atoms with Crippen LogP contribution in [0.2, 0.25) is 0 Å². The summed E-state index contributed by atoms with van der Waals surface area (Å²) in [4.78, 5) is 5.47. The lowest BCUT2D eigenvalue weighted by Crippen LogP contribution is -2.44. The molecule has 26 heavy (non-hydrogen) atoms. The maximum atomic E-state index is 10.6. The summed E-state index contributed by atoms with van der Waals surface area (Å²) < 4.78 is 1.91. The summed E-state index contributed by atoms with van der Waals surface area (Å²) in [6, 6.07) is 9.63. The van der Waals surface area contributed by atoms with Crippen LogP contribution >= 0.6 is 35.3 Å². The highest BCUT2D eigenvalue weighted by molar-refractivity contribution is 14.0. The summed E-state index contributed by atoms with van der Waals surface area (Å²) in [6.07, 6.45) is 1.92. The average Bonchev–Trinajstić information content (AvgIpc) is 3.28. The van der Waals surface area contributed by atoms with Crippen LogP contribution in [0.25, 0.3) is 5.65 Å². The molecule has 0 saturated carbocycles. The Morgan fingerprint density at radius 1 is 1.27 bits per heavy atom. The Labute approximate surface area is 173 Å². The Kier molecular flexibility index (Phi) is 7.35. The monoisotopic (exact) mass is 486 g/mol. The summed E-state index contributed by atoms with van der Waals surface area (Å²) >= 11 is 1.54. The number of halogens is 1. The molecule has 0 aliphatic heterocycles. The van der Waals surface area contributed by atoms with Gasteiger partial charge in [-0.15, -0.1) is 45.5 Å². The van der Waals surface area contributed by atoms with Crippen molar-refractivity contribution >= 4 is 46.9 Å². The minimum absolute atomic E-state index is 0. The van der Waals surface area contributed by atoms with Crippen molar-refractivity contribution in [3.63, 3.8) is 0 Å². The molecule has 1 unspecified atom stereocenters. The number of guanidine groups is 1. The van der Waals surface area contributed by atoms with E-state index in [-0.39, 0.29) is 24.0 Å². The summed E-state index contributed by atoms with van der Waals surface area (Å²) in [7, 11) is 0. The number of aromatic nitrogens is 3. The largest absolute Gasteiger partial charge is 0.383 e. The lowest BCUT2D eigenvalue weighted by atomic mass is 10.1. The van der Waals surface area contributed by atoms with Gasteiger partial charge in [-0.25, -0.2) is 4.99 Å². The Balaban J connectivity index is 0.00000243. The van der Waals surface area contributed by atoms with E-state index >= 15 is 0 Å². The highest BCUT2D eigenvalue weighted by Crippen LogP contribution is 2.24. The zero-order valence-corrected chi connectivity index (χ0v) is 17.9. The Hall–Kier alpha value is -1.72. The molecule has 0 amide bonds. The molecule has 3 N–H and O–H groups in total. The molecule has 0 bridgehead atoms. The van der Waals surface area contributed by atoms with Crippen LogP contribution in [-0.2, 0) is 12.1 Å². The van der Waals surface area contributed by atoms with Crippen molar-refractivity contribution in [2.45, 2.75) is 26.0 Å². The van der Waals surface area contributed by atoms with Crippen molar-refractivity contribution in [3.05, 3.63) is 52.6 Å². The Morgan fingerprint density at radius 3 is 2.85 bits per heavy atom. The molecule has 3 aromatic heterocycles. The van der Waals surface area contributed by atoms with Crippen molar-refractivity contribution in [2.75, 3.05) is 13.1 Å². The van der Waals surface area contributed by atoms with E-state index in [9.17, 15) is 5.11 Å². The van der Waals surface area contributed by atoms with E-state index in [1.54, 1.807) is 6.92 Å². The Bertz CT molecular complexity index is 846. The van der Waals surface area contributed by atoms with Crippen LogP contribution in [0.15, 0.2) is 46.9 Å². The molecule has 0 spiro atoms. The molecule has 3 rings (SSSR count). The molecule has 0 aliphatic carbocycles. The van der Waals surface area contributed by atoms with Gasteiger partial charge in [-0.2, -0.15) is 0 Å². The third kappa shape index (κ3) is 4.92. The number of aliphatic imine (C=N–C) groups is 1. The normalized spacial score (nSPS) is 13.9. The van der Waals surface area contributed by atoms with Crippen molar-refractivity contribution in [3.8, 4) is 0 Å². The van der Waals surface area contributed by atoms with Crippen molar-refractivity contribution in [1.29, 1.82) is 0 Å². The van der Waals surface area contributed by atoms with Gasteiger partial charge in [0.15, 0.2) is 17.4 Å². The highest BCUT2D eigenvalue weighted by atomic mass is 127. The number of aliphatic hydroxyl groups is 1. The fourth-order valence-electron chi connectivity index (χ4n) is 2.42. The number of nitrogens with zero attached hydrogens (tertiary/aromatic N) is 4. The van der Waals surface area contributed by atoms with E-state index in [0.29, 0.717) is 19.0 Å². The first kappa shape index (κ1) is 20.6. The highest BCUT2D eigenvalue weighted by Gasteiger charge is 2.24. The van der Waals surface area contributed by atoms with Crippen molar-refractivity contribution in [1.82, 2.24) is 25.2 Å². The van der Waals surface area contributed by atoms with Crippen molar-refractivity contribution in [2.24, 2.45) is 4.99 Å². The van der Waals surface area contributed by atoms with Crippen LogP contribution in [0, 0.1) is 0 Å². The second-order valence-corrected chi connectivity index (χ2v) is 6.79. The lowest BCUT2D eigenvalue weighted by molar-refractivity contribution is 0.0655. The first-order valence-electron chi connectivity index (χ1n) is 8.17. The molecule has 0 aromatic carbocycles. The van der Waals surface area contributed by atoms with Crippen LogP contribution in [0.3, 0.4) is 0 Å². The predicted octanol–water partition coefficient (Wildman–Crippen LogP) is 2.37. The maximum Gasteiger partial charge on any atom is 0.191 e. The topological polar surface area (TPSA) is 86.8 Å². The first-order chi connectivity index (χ1) is 12.1. The maximum absolute atomic E-state index is 10.6. The van der Waals surface area contributed by atoms with Gasteiger partial charge in [-0.05, 0) is 37.4 Å². The van der Waals surface area contributed by atoms with E-state index in [2.05, 4.69) is 25.8 Å². The van der Waals surface area contributed by atoms with Gasteiger partial charge in [0.05, 0.1) is 6.54 Å². The molecule has 3 heterocycles. The minimum Gasteiger partial charge on any atom is -0.383 e. The molecule has 7 nitrogen and oxygen atoms in total. The van der Waals surface area contributed by atoms with Crippen molar-refractivity contribution < 1.29 is 5.11 Å². The quantitative estimate of drug-likeness (QED) is 0.283. The summed E-state index contributed by atoms with van der Waals surface area (Å²) in [6.45, 7) is 5.28. The summed E-state index contributed by atoms with van der Waals surface area (Å²) in [5.41, 5.74) is -0.155. The number of hydrogen-bond acceptors (Lipinski definition) is 5. The number of pyridine rings is 1. The zero-order valence-electron chi connectivity index (χ0n) is 14.7. The van der Waals surface area contributed by atoms with E-state index in [0.717, 1.165) is 22.9 Å². The van der Waals surface area contributed by atoms with Gasteiger partial charge >= 0.3 is 0 Å². The van der Waals surface area contributed by atoms with E-state index in [1.807, 2.05) is 53.2 Å². The number of rotatable bonds is 6. The number of nitrogens with one attached hydrogen (secondary N) is 2. The first-order valence-corrected chi connectivity index (χ1v) is 9.05. The van der Waals surface area contributed by atoms with Gasteiger partial charge in [0.1, 0.15) is 12.1 Å². The smallest absolute Gasteiger partial charge is 0.191 e. The van der Waals surface area contributed by atoms with Crippen LogP contribution in [0.4, 0.5) is 0 Å².